The Kier molecular flexibility index (Phi) is 3.36. The molecule has 0 radical (unpaired) electrons. The zero-order valence-electron chi connectivity index (χ0n) is 13.7. The lowest BCUT2D eigenvalue weighted by atomic mass is 9.78. The SMILES string of the molecule is Cc1c(B2OC(C)(C)C(C)(C)O2)ccc2cnc(C(F)(F)F)n12. The van der Waals surface area contributed by atoms with E-state index in [1.165, 1.54) is 6.20 Å². The molecule has 0 N–H and O–H groups in total. The molecule has 3 rings (SSSR count). The Hall–Kier alpha value is -1.54. The van der Waals surface area contributed by atoms with Crippen LogP contribution in [0.25, 0.3) is 5.52 Å². The molecule has 1 saturated heterocycles. The van der Waals surface area contributed by atoms with E-state index in [2.05, 4.69) is 4.98 Å². The molecular weight excluding hydrogens is 308 g/mol. The van der Waals surface area contributed by atoms with Gasteiger partial charge in [0, 0.05) is 11.2 Å². The number of fused-ring (bicyclic) bond motifs is 1. The summed E-state index contributed by atoms with van der Waals surface area (Å²) in [5.74, 6) is -0.941. The first-order chi connectivity index (χ1) is 10.4. The molecule has 0 amide bonds. The van der Waals surface area contributed by atoms with Crippen LogP contribution in [-0.2, 0) is 15.5 Å². The van der Waals surface area contributed by atoms with Gasteiger partial charge in [-0.05, 0) is 40.7 Å². The molecular formula is C15H18BF3N2O2. The van der Waals surface area contributed by atoms with Crippen molar-refractivity contribution in [3.63, 3.8) is 0 Å². The maximum absolute atomic E-state index is 13.1. The number of halogens is 3. The molecule has 0 aliphatic carbocycles. The molecule has 4 nitrogen and oxygen atoms in total. The average Bonchev–Trinajstić information content (AvgIpc) is 2.89. The van der Waals surface area contributed by atoms with Gasteiger partial charge in [0.1, 0.15) is 0 Å². The van der Waals surface area contributed by atoms with Gasteiger partial charge >= 0.3 is 13.3 Å². The van der Waals surface area contributed by atoms with Crippen LogP contribution < -0.4 is 5.46 Å². The Morgan fingerprint density at radius 3 is 2.17 bits per heavy atom. The summed E-state index contributed by atoms with van der Waals surface area (Å²) in [6, 6.07) is 3.32. The fraction of sp³-hybridized carbons (Fsp3) is 0.533. The standard InChI is InChI=1S/C15H18BF3N2O2/c1-9-11(16-22-13(2,3)14(4,5)23-16)7-6-10-8-20-12(21(9)10)15(17,18)19/h6-8H,1-5H3. The lowest BCUT2D eigenvalue weighted by Gasteiger charge is -2.32. The maximum Gasteiger partial charge on any atom is 0.496 e. The highest BCUT2D eigenvalue weighted by Gasteiger charge is 2.52. The summed E-state index contributed by atoms with van der Waals surface area (Å²) in [6.45, 7) is 9.22. The predicted octanol–water partition coefficient (Wildman–Crippen LogP) is 2.96. The Bertz CT molecular complexity index is 752. The lowest BCUT2D eigenvalue weighted by Crippen LogP contribution is -2.41. The van der Waals surface area contributed by atoms with Crippen molar-refractivity contribution >= 4 is 18.1 Å². The number of pyridine rings is 1. The van der Waals surface area contributed by atoms with Crippen LogP contribution in [0.3, 0.4) is 0 Å². The van der Waals surface area contributed by atoms with E-state index >= 15 is 0 Å². The zero-order valence-corrected chi connectivity index (χ0v) is 13.7. The predicted molar refractivity (Wildman–Crippen MR) is 80.6 cm³/mol. The van der Waals surface area contributed by atoms with Gasteiger partial charge in [-0.25, -0.2) is 4.98 Å². The van der Waals surface area contributed by atoms with E-state index < -0.39 is 30.3 Å². The molecule has 124 valence electrons. The molecule has 0 unspecified atom stereocenters. The van der Waals surface area contributed by atoms with Gasteiger partial charge in [0.15, 0.2) is 0 Å². The molecule has 2 aromatic rings. The minimum Gasteiger partial charge on any atom is -0.399 e. The van der Waals surface area contributed by atoms with E-state index in [0.717, 1.165) is 4.40 Å². The van der Waals surface area contributed by atoms with Gasteiger partial charge < -0.3 is 9.31 Å². The van der Waals surface area contributed by atoms with Crippen molar-refractivity contribution in [2.45, 2.75) is 52.0 Å². The van der Waals surface area contributed by atoms with Crippen molar-refractivity contribution in [2.75, 3.05) is 0 Å². The first kappa shape index (κ1) is 16.3. The topological polar surface area (TPSA) is 35.8 Å². The van der Waals surface area contributed by atoms with Crippen LogP contribution in [0.4, 0.5) is 13.2 Å². The van der Waals surface area contributed by atoms with Gasteiger partial charge in [-0.2, -0.15) is 13.2 Å². The second-order valence-electron chi connectivity index (χ2n) is 6.80. The van der Waals surface area contributed by atoms with Gasteiger partial charge in [-0.1, -0.05) is 6.07 Å². The fourth-order valence-corrected chi connectivity index (χ4v) is 2.68. The number of rotatable bonds is 1. The summed E-state index contributed by atoms with van der Waals surface area (Å²) in [4.78, 5) is 3.51. The Balaban J connectivity index is 2.12. The molecule has 1 aliphatic rings. The van der Waals surface area contributed by atoms with E-state index in [0.29, 0.717) is 16.7 Å². The number of hydrogen-bond donors (Lipinski definition) is 0. The van der Waals surface area contributed by atoms with Crippen LogP contribution in [-0.4, -0.2) is 27.7 Å². The largest absolute Gasteiger partial charge is 0.496 e. The third-order valence-corrected chi connectivity index (χ3v) is 4.74. The molecule has 1 aliphatic heterocycles. The third kappa shape index (κ3) is 2.44. The summed E-state index contributed by atoms with van der Waals surface area (Å²) < 4.78 is 52.4. The molecule has 0 bridgehead atoms. The van der Waals surface area contributed by atoms with Crippen molar-refractivity contribution in [1.82, 2.24) is 9.38 Å². The van der Waals surface area contributed by atoms with E-state index in [-0.39, 0.29) is 0 Å². The molecule has 0 atom stereocenters. The molecule has 0 saturated carbocycles. The van der Waals surface area contributed by atoms with Crippen LogP contribution in [0.5, 0.6) is 0 Å². The minimum atomic E-state index is -4.52. The summed E-state index contributed by atoms with van der Waals surface area (Å²) in [6.07, 6.45) is -3.31. The van der Waals surface area contributed by atoms with Crippen LogP contribution in [0.1, 0.15) is 39.2 Å². The van der Waals surface area contributed by atoms with E-state index in [9.17, 15) is 13.2 Å². The number of aryl methyl sites for hydroxylation is 1. The highest BCUT2D eigenvalue weighted by Crippen LogP contribution is 2.37. The van der Waals surface area contributed by atoms with Gasteiger partial charge in [0.2, 0.25) is 5.82 Å². The normalized spacial score (nSPS) is 20.4. The van der Waals surface area contributed by atoms with Gasteiger partial charge in [-0.3, -0.25) is 4.40 Å². The first-order valence-electron chi connectivity index (χ1n) is 7.34. The number of aromatic nitrogens is 2. The number of imidazole rings is 1. The van der Waals surface area contributed by atoms with Gasteiger partial charge in [0.05, 0.1) is 22.9 Å². The molecule has 2 aromatic heterocycles. The fourth-order valence-electron chi connectivity index (χ4n) is 2.68. The minimum absolute atomic E-state index is 0.384. The van der Waals surface area contributed by atoms with Gasteiger partial charge in [-0.15, -0.1) is 0 Å². The van der Waals surface area contributed by atoms with Gasteiger partial charge in [0.25, 0.3) is 0 Å². The highest BCUT2D eigenvalue weighted by atomic mass is 19.4. The highest BCUT2D eigenvalue weighted by molar-refractivity contribution is 6.62. The van der Waals surface area contributed by atoms with Crippen molar-refractivity contribution in [2.24, 2.45) is 0 Å². The van der Waals surface area contributed by atoms with Crippen molar-refractivity contribution < 1.29 is 22.5 Å². The molecule has 23 heavy (non-hydrogen) atoms. The van der Waals surface area contributed by atoms with E-state index in [1.54, 1.807) is 19.1 Å². The van der Waals surface area contributed by atoms with Crippen LogP contribution in [0.15, 0.2) is 18.3 Å². The molecule has 0 spiro atoms. The van der Waals surface area contributed by atoms with Crippen LogP contribution in [0, 0.1) is 6.92 Å². The summed E-state index contributed by atoms with van der Waals surface area (Å²) in [5.41, 5.74) is 0.252. The number of alkyl halides is 3. The molecule has 1 fully saturated rings. The van der Waals surface area contributed by atoms with Crippen LogP contribution >= 0.6 is 0 Å². The molecule has 3 heterocycles. The molecule has 8 heteroatoms. The van der Waals surface area contributed by atoms with Crippen molar-refractivity contribution in [3.8, 4) is 0 Å². The Morgan fingerprint density at radius 2 is 1.65 bits per heavy atom. The maximum atomic E-state index is 13.1. The second-order valence-corrected chi connectivity index (χ2v) is 6.80. The van der Waals surface area contributed by atoms with E-state index in [4.69, 9.17) is 9.31 Å². The summed E-state index contributed by atoms with van der Waals surface area (Å²) >= 11 is 0. The quantitative estimate of drug-likeness (QED) is 0.756. The first-order valence-corrected chi connectivity index (χ1v) is 7.34. The average molecular weight is 326 g/mol. The monoisotopic (exact) mass is 326 g/mol. The Labute approximate surface area is 132 Å². The van der Waals surface area contributed by atoms with Crippen molar-refractivity contribution in [3.05, 3.63) is 29.8 Å². The third-order valence-electron chi connectivity index (χ3n) is 4.74. The summed E-state index contributed by atoms with van der Waals surface area (Å²) in [7, 11) is -0.715. The Morgan fingerprint density at radius 1 is 1.09 bits per heavy atom. The number of hydrogen-bond acceptors (Lipinski definition) is 3. The second kappa shape index (κ2) is 4.74. The van der Waals surface area contributed by atoms with Crippen LogP contribution in [0.2, 0.25) is 0 Å². The van der Waals surface area contributed by atoms with E-state index in [1.807, 2.05) is 27.7 Å². The zero-order chi connectivity index (χ0) is 17.2. The molecule has 0 aromatic carbocycles. The van der Waals surface area contributed by atoms with Crippen molar-refractivity contribution in [1.29, 1.82) is 0 Å². The lowest BCUT2D eigenvalue weighted by molar-refractivity contribution is -0.145. The smallest absolute Gasteiger partial charge is 0.399 e. The number of nitrogens with zero attached hydrogens (tertiary/aromatic N) is 2. The summed E-state index contributed by atoms with van der Waals surface area (Å²) in [5, 5.41) is 0.